The molecular weight excluding hydrogens is 236 g/mol. The van der Waals surface area contributed by atoms with Gasteiger partial charge < -0.3 is 15.3 Å². The van der Waals surface area contributed by atoms with E-state index in [-0.39, 0.29) is 0 Å². The normalized spacial score (nSPS) is 11.9. The maximum Gasteiger partial charge on any atom is 0.0886 e. The molecule has 0 aliphatic carbocycles. The largest absolute Gasteiger partial charge is 0.389 e. The summed E-state index contributed by atoms with van der Waals surface area (Å²) in [5, 5.41) is 13.3. The SMILES string of the molecule is CN(CC(O)CNc1ccccc1)c1ccccc1. The second-order valence-electron chi connectivity index (χ2n) is 4.62. The lowest BCUT2D eigenvalue weighted by Gasteiger charge is -2.23. The first-order valence-electron chi connectivity index (χ1n) is 6.49. The molecule has 3 heteroatoms. The Balaban J connectivity index is 1.80. The molecule has 100 valence electrons. The zero-order valence-electron chi connectivity index (χ0n) is 11.2. The summed E-state index contributed by atoms with van der Waals surface area (Å²) in [5.74, 6) is 0. The molecule has 0 saturated carbocycles. The predicted octanol–water partition coefficient (Wildman–Crippen LogP) is 2.60. The lowest BCUT2D eigenvalue weighted by molar-refractivity contribution is 0.194. The second-order valence-corrected chi connectivity index (χ2v) is 4.62. The predicted molar refractivity (Wildman–Crippen MR) is 80.7 cm³/mol. The molecule has 1 unspecified atom stereocenters. The summed E-state index contributed by atoms with van der Waals surface area (Å²) < 4.78 is 0. The smallest absolute Gasteiger partial charge is 0.0886 e. The molecular formula is C16H20N2O. The average Bonchev–Trinajstić information content (AvgIpc) is 2.47. The first kappa shape index (κ1) is 13.4. The number of nitrogens with zero attached hydrogens (tertiary/aromatic N) is 1. The maximum absolute atomic E-state index is 10.0. The maximum atomic E-state index is 10.0. The minimum Gasteiger partial charge on any atom is -0.389 e. The lowest BCUT2D eigenvalue weighted by atomic mass is 10.2. The Morgan fingerprint density at radius 3 is 2.21 bits per heavy atom. The van der Waals surface area contributed by atoms with Crippen molar-refractivity contribution < 1.29 is 5.11 Å². The van der Waals surface area contributed by atoms with Crippen molar-refractivity contribution in [2.24, 2.45) is 0 Å². The van der Waals surface area contributed by atoms with Crippen LogP contribution in [0.15, 0.2) is 60.7 Å². The topological polar surface area (TPSA) is 35.5 Å². The number of rotatable bonds is 6. The molecule has 2 rings (SSSR count). The van der Waals surface area contributed by atoms with Crippen molar-refractivity contribution in [3.63, 3.8) is 0 Å². The highest BCUT2D eigenvalue weighted by atomic mass is 16.3. The Morgan fingerprint density at radius 2 is 1.58 bits per heavy atom. The highest BCUT2D eigenvalue weighted by Gasteiger charge is 2.08. The molecule has 1 atom stereocenters. The van der Waals surface area contributed by atoms with Crippen LogP contribution in [0.5, 0.6) is 0 Å². The van der Waals surface area contributed by atoms with E-state index >= 15 is 0 Å². The van der Waals surface area contributed by atoms with Crippen molar-refractivity contribution in [2.75, 3.05) is 30.4 Å². The third kappa shape index (κ3) is 4.30. The number of hydrogen-bond donors (Lipinski definition) is 2. The van der Waals surface area contributed by atoms with Crippen LogP contribution in [0.3, 0.4) is 0 Å². The summed E-state index contributed by atoms with van der Waals surface area (Å²) in [6.45, 7) is 1.14. The number of nitrogens with one attached hydrogen (secondary N) is 1. The Hall–Kier alpha value is -2.00. The number of aliphatic hydroxyl groups excluding tert-OH is 1. The number of hydrogen-bond acceptors (Lipinski definition) is 3. The Kier molecular flexibility index (Phi) is 4.81. The summed E-state index contributed by atoms with van der Waals surface area (Å²) in [5.41, 5.74) is 2.14. The number of para-hydroxylation sites is 2. The van der Waals surface area contributed by atoms with Crippen LogP contribution >= 0.6 is 0 Å². The van der Waals surface area contributed by atoms with E-state index in [1.807, 2.05) is 67.7 Å². The fraction of sp³-hybridized carbons (Fsp3) is 0.250. The highest BCUT2D eigenvalue weighted by Crippen LogP contribution is 2.11. The molecule has 0 bridgehead atoms. The molecule has 0 amide bonds. The van der Waals surface area contributed by atoms with Gasteiger partial charge in [-0.25, -0.2) is 0 Å². The molecule has 0 saturated heterocycles. The molecule has 0 radical (unpaired) electrons. The van der Waals surface area contributed by atoms with Crippen LogP contribution in [0.1, 0.15) is 0 Å². The molecule has 3 nitrogen and oxygen atoms in total. The molecule has 2 N–H and O–H groups in total. The van der Waals surface area contributed by atoms with E-state index in [1.165, 1.54) is 0 Å². The molecule has 0 heterocycles. The van der Waals surface area contributed by atoms with Gasteiger partial charge in [0.1, 0.15) is 0 Å². The second kappa shape index (κ2) is 6.81. The highest BCUT2D eigenvalue weighted by molar-refractivity contribution is 5.45. The van der Waals surface area contributed by atoms with Gasteiger partial charge in [-0.1, -0.05) is 36.4 Å². The van der Waals surface area contributed by atoms with E-state index in [2.05, 4.69) is 10.2 Å². The minimum atomic E-state index is -0.412. The van der Waals surface area contributed by atoms with E-state index < -0.39 is 6.10 Å². The Morgan fingerprint density at radius 1 is 1.00 bits per heavy atom. The molecule has 0 fully saturated rings. The summed E-state index contributed by atoms with van der Waals surface area (Å²) >= 11 is 0. The Labute approximate surface area is 114 Å². The summed E-state index contributed by atoms with van der Waals surface area (Å²) in [6.07, 6.45) is -0.412. The molecule has 0 aliphatic heterocycles. The first-order chi connectivity index (χ1) is 9.25. The van der Waals surface area contributed by atoms with Crippen LogP contribution in [0.25, 0.3) is 0 Å². The number of anilines is 2. The van der Waals surface area contributed by atoms with E-state index in [0.717, 1.165) is 11.4 Å². The first-order valence-corrected chi connectivity index (χ1v) is 6.49. The van der Waals surface area contributed by atoms with Crippen LogP contribution in [-0.4, -0.2) is 31.3 Å². The van der Waals surface area contributed by atoms with Gasteiger partial charge in [0.15, 0.2) is 0 Å². The summed E-state index contributed by atoms with van der Waals surface area (Å²) in [7, 11) is 1.99. The van der Waals surface area contributed by atoms with E-state index in [4.69, 9.17) is 0 Å². The van der Waals surface area contributed by atoms with Gasteiger partial charge in [0, 0.05) is 31.5 Å². The van der Waals surface area contributed by atoms with Gasteiger partial charge >= 0.3 is 0 Å². The zero-order valence-corrected chi connectivity index (χ0v) is 11.2. The molecule has 19 heavy (non-hydrogen) atoms. The summed E-state index contributed by atoms with van der Waals surface area (Å²) in [4.78, 5) is 2.05. The zero-order chi connectivity index (χ0) is 13.5. The molecule has 2 aromatic rings. The van der Waals surface area contributed by atoms with Gasteiger partial charge in [-0.3, -0.25) is 0 Å². The van der Waals surface area contributed by atoms with E-state index in [1.54, 1.807) is 0 Å². The van der Waals surface area contributed by atoms with E-state index in [0.29, 0.717) is 13.1 Å². The third-order valence-electron chi connectivity index (χ3n) is 3.00. The molecule has 2 aromatic carbocycles. The number of aliphatic hydroxyl groups is 1. The minimum absolute atomic E-state index is 0.412. The third-order valence-corrected chi connectivity index (χ3v) is 3.00. The quantitative estimate of drug-likeness (QED) is 0.834. The van der Waals surface area contributed by atoms with Crippen molar-refractivity contribution in [1.82, 2.24) is 0 Å². The monoisotopic (exact) mass is 256 g/mol. The average molecular weight is 256 g/mol. The van der Waals surface area contributed by atoms with Crippen LogP contribution in [0, 0.1) is 0 Å². The van der Waals surface area contributed by atoms with Crippen LogP contribution in [0.2, 0.25) is 0 Å². The van der Waals surface area contributed by atoms with Crippen molar-refractivity contribution in [1.29, 1.82) is 0 Å². The fourth-order valence-electron chi connectivity index (χ4n) is 1.96. The summed E-state index contributed by atoms with van der Waals surface area (Å²) in [6, 6.07) is 20.0. The van der Waals surface area contributed by atoms with Crippen molar-refractivity contribution >= 4 is 11.4 Å². The van der Waals surface area contributed by atoms with Crippen molar-refractivity contribution in [2.45, 2.75) is 6.10 Å². The van der Waals surface area contributed by atoms with E-state index in [9.17, 15) is 5.11 Å². The standard InChI is InChI=1S/C16H20N2O/c1-18(15-10-6-3-7-11-15)13-16(19)12-17-14-8-4-2-5-9-14/h2-11,16-17,19H,12-13H2,1H3. The Bertz CT molecular complexity index is 473. The van der Waals surface area contributed by atoms with Crippen LogP contribution in [-0.2, 0) is 0 Å². The molecule has 0 aliphatic rings. The van der Waals surface area contributed by atoms with Gasteiger partial charge in [-0.05, 0) is 24.3 Å². The van der Waals surface area contributed by atoms with Gasteiger partial charge in [0.05, 0.1) is 6.10 Å². The van der Waals surface area contributed by atoms with Gasteiger partial charge in [0.25, 0.3) is 0 Å². The lowest BCUT2D eigenvalue weighted by Crippen LogP contribution is -2.33. The molecule has 0 aromatic heterocycles. The van der Waals surface area contributed by atoms with Crippen molar-refractivity contribution in [3.05, 3.63) is 60.7 Å². The van der Waals surface area contributed by atoms with Gasteiger partial charge in [-0.15, -0.1) is 0 Å². The van der Waals surface area contributed by atoms with Crippen LogP contribution in [0.4, 0.5) is 11.4 Å². The van der Waals surface area contributed by atoms with Gasteiger partial charge in [-0.2, -0.15) is 0 Å². The van der Waals surface area contributed by atoms with Crippen LogP contribution < -0.4 is 10.2 Å². The van der Waals surface area contributed by atoms with Gasteiger partial charge in [0.2, 0.25) is 0 Å². The molecule has 0 spiro atoms. The van der Waals surface area contributed by atoms with Crippen molar-refractivity contribution in [3.8, 4) is 0 Å². The fourth-order valence-corrected chi connectivity index (χ4v) is 1.96. The number of benzene rings is 2. The number of likely N-dealkylation sites (N-methyl/N-ethyl adjacent to an activating group) is 1.